The number of alkyl halides is 1. The highest BCUT2D eigenvalue weighted by Gasteiger charge is 2.28. The molecule has 0 amide bonds. The Morgan fingerprint density at radius 2 is 2.08 bits per heavy atom. The highest BCUT2D eigenvalue weighted by atomic mass is 19.1. The number of ether oxygens (including phenoxy) is 1. The smallest absolute Gasteiger partial charge is 0.299 e. The number of ketones is 1. The van der Waals surface area contributed by atoms with Crippen LogP contribution in [-0.2, 0) is 6.54 Å². The average Bonchev–Trinajstić information content (AvgIpc) is 2.96. The van der Waals surface area contributed by atoms with E-state index in [0.29, 0.717) is 42.8 Å². The molecule has 0 spiro atoms. The first-order valence-electron chi connectivity index (χ1n) is 9.76. The number of anilines is 1. The number of halogens is 1. The molecule has 1 atom stereocenters. The number of imidazole rings is 1. The molecule has 0 radical (unpaired) electrons. The molecule has 0 aromatic carbocycles. The first kappa shape index (κ1) is 18.9. The summed E-state index contributed by atoms with van der Waals surface area (Å²) in [5.41, 5.74) is 1.78. The molecule has 6 heteroatoms. The Balaban J connectivity index is 1.88. The second-order valence-corrected chi connectivity index (χ2v) is 7.61. The van der Waals surface area contributed by atoms with Crippen LogP contribution in [0.2, 0.25) is 0 Å². The highest BCUT2D eigenvalue weighted by Crippen LogP contribution is 2.33. The lowest BCUT2D eigenvalue weighted by Crippen LogP contribution is -2.25. The Hall–Kier alpha value is -1.85. The molecule has 3 rings (SSSR count). The number of nitrogens with zero attached hydrogens (tertiary/aromatic N) is 2. The summed E-state index contributed by atoms with van der Waals surface area (Å²) in [5, 5.41) is 3.02. The Morgan fingerprint density at radius 3 is 2.69 bits per heavy atom. The number of hydrogen-bond acceptors (Lipinski definition) is 4. The minimum absolute atomic E-state index is 0.0102. The second kappa shape index (κ2) is 8.23. The number of aromatic nitrogens is 2. The van der Waals surface area contributed by atoms with Crippen LogP contribution in [0.4, 0.5) is 10.2 Å². The molecule has 2 aliphatic carbocycles. The summed E-state index contributed by atoms with van der Waals surface area (Å²) in [5.74, 6) is 0.875. The lowest BCUT2D eigenvalue weighted by atomic mass is 9.88. The van der Waals surface area contributed by atoms with Crippen LogP contribution in [0.5, 0.6) is 6.01 Å². The van der Waals surface area contributed by atoms with Crippen molar-refractivity contribution in [1.29, 1.82) is 0 Å². The third kappa shape index (κ3) is 4.10. The maximum atomic E-state index is 13.5. The second-order valence-electron chi connectivity index (χ2n) is 7.61. The van der Waals surface area contributed by atoms with Gasteiger partial charge in [0.05, 0.1) is 0 Å². The van der Waals surface area contributed by atoms with Gasteiger partial charge in [-0.25, -0.2) is 4.39 Å². The number of allylic oxidation sites excluding steroid dienone is 1. The summed E-state index contributed by atoms with van der Waals surface area (Å²) in [6, 6.07) is 0.501. The topological polar surface area (TPSA) is 56.2 Å². The predicted molar refractivity (Wildman–Crippen MR) is 101 cm³/mol. The molecule has 5 nitrogen and oxygen atoms in total. The molecule has 1 fully saturated rings. The molecular weight excluding hydrogens is 333 g/mol. The number of carbonyl (C=O) groups is 1. The van der Waals surface area contributed by atoms with E-state index < -0.39 is 6.17 Å². The monoisotopic (exact) mass is 363 g/mol. The number of Topliss-reactive ketones (excluding diaryl/α,β-unsaturated/α-hetero) is 1. The van der Waals surface area contributed by atoms with Crippen molar-refractivity contribution in [2.24, 2.45) is 5.92 Å². The fraction of sp³-hybridized carbons (Fsp3) is 0.700. The van der Waals surface area contributed by atoms with Gasteiger partial charge in [-0.3, -0.25) is 9.36 Å². The Labute approximate surface area is 155 Å². The van der Waals surface area contributed by atoms with E-state index in [0.717, 1.165) is 32.1 Å². The van der Waals surface area contributed by atoms with Gasteiger partial charge in [0.25, 0.3) is 6.01 Å². The van der Waals surface area contributed by atoms with Crippen molar-refractivity contribution in [2.75, 3.05) is 12.4 Å². The van der Waals surface area contributed by atoms with E-state index in [1.807, 2.05) is 4.57 Å². The normalized spacial score (nSPS) is 26.3. The molecule has 0 saturated heterocycles. The molecule has 2 aliphatic rings. The predicted octanol–water partition coefficient (Wildman–Crippen LogP) is 4.53. The van der Waals surface area contributed by atoms with Gasteiger partial charge >= 0.3 is 0 Å². The molecule has 1 unspecified atom stereocenters. The Bertz CT molecular complexity index is 675. The van der Waals surface area contributed by atoms with Crippen molar-refractivity contribution in [3.63, 3.8) is 0 Å². The van der Waals surface area contributed by atoms with E-state index >= 15 is 0 Å². The maximum Gasteiger partial charge on any atom is 0.299 e. The summed E-state index contributed by atoms with van der Waals surface area (Å²) in [7, 11) is 1.77. The fourth-order valence-electron chi connectivity index (χ4n) is 4.06. The molecule has 1 aromatic heterocycles. The van der Waals surface area contributed by atoms with E-state index in [9.17, 15) is 9.18 Å². The van der Waals surface area contributed by atoms with Crippen molar-refractivity contribution in [1.82, 2.24) is 9.55 Å². The number of hydrogen-bond donors (Lipinski definition) is 1. The molecule has 1 N–H and O–H groups in total. The standard InChI is InChI=1S/C20H30FN3O2/c1-13-6-4-5-7-17(13)26-20-23-19(22-3)18(14(2)25)24(20)12-15-8-10-16(21)11-9-15/h6,15-17,22H,4-5,7-12H2,1-3H3. The fourth-order valence-corrected chi connectivity index (χ4v) is 4.06. The maximum absolute atomic E-state index is 13.5. The van der Waals surface area contributed by atoms with Crippen LogP contribution >= 0.6 is 0 Å². The minimum Gasteiger partial charge on any atom is -0.457 e. The van der Waals surface area contributed by atoms with Crippen LogP contribution in [-0.4, -0.2) is 34.7 Å². The Kier molecular flexibility index (Phi) is 5.99. The van der Waals surface area contributed by atoms with E-state index in [1.165, 1.54) is 5.57 Å². The van der Waals surface area contributed by atoms with Gasteiger partial charge in [0.1, 0.15) is 18.0 Å². The zero-order chi connectivity index (χ0) is 18.7. The SMILES string of the molecule is CNc1nc(OC2CCCC=C2C)n(CC2CCC(F)CC2)c1C(C)=O. The summed E-state index contributed by atoms with van der Waals surface area (Å²) in [6.07, 6.45) is 7.59. The molecule has 144 valence electrons. The third-order valence-corrected chi connectivity index (χ3v) is 5.61. The van der Waals surface area contributed by atoms with Gasteiger partial charge in [-0.05, 0) is 63.4 Å². The zero-order valence-electron chi connectivity index (χ0n) is 16.1. The zero-order valence-corrected chi connectivity index (χ0v) is 16.1. The number of carbonyl (C=O) groups excluding carboxylic acids is 1. The van der Waals surface area contributed by atoms with Crippen LogP contribution in [0, 0.1) is 5.92 Å². The average molecular weight is 363 g/mol. The Morgan fingerprint density at radius 1 is 1.35 bits per heavy atom. The van der Waals surface area contributed by atoms with E-state index in [2.05, 4.69) is 23.3 Å². The number of nitrogens with one attached hydrogen (secondary N) is 1. The molecule has 0 bridgehead atoms. The summed E-state index contributed by atoms with van der Waals surface area (Å²) in [6.45, 7) is 4.30. The minimum atomic E-state index is -0.681. The largest absolute Gasteiger partial charge is 0.457 e. The van der Waals surface area contributed by atoms with Gasteiger partial charge in [-0.2, -0.15) is 4.98 Å². The van der Waals surface area contributed by atoms with Crippen LogP contribution in [0.3, 0.4) is 0 Å². The van der Waals surface area contributed by atoms with Crippen molar-refractivity contribution in [3.8, 4) is 6.01 Å². The van der Waals surface area contributed by atoms with Crippen molar-refractivity contribution >= 4 is 11.6 Å². The molecule has 1 aromatic rings. The quantitative estimate of drug-likeness (QED) is 0.596. The molecule has 0 aliphatic heterocycles. The molecule has 1 saturated carbocycles. The van der Waals surface area contributed by atoms with E-state index in [-0.39, 0.29) is 11.9 Å². The summed E-state index contributed by atoms with van der Waals surface area (Å²) in [4.78, 5) is 16.8. The first-order valence-corrected chi connectivity index (χ1v) is 9.76. The van der Waals surface area contributed by atoms with Crippen LogP contribution < -0.4 is 10.1 Å². The lowest BCUT2D eigenvalue weighted by molar-refractivity contribution is 0.0998. The highest BCUT2D eigenvalue weighted by molar-refractivity contribution is 5.97. The number of rotatable bonds is 6. The van der Waals surface area contributed by atoms with E-state index in [4.69, 9.17) is 4.74 Å². The van der Waals surface area contributed by atoms with Crippen LogP contribution in [0.15, 0.2) is 11.6 Å². The van der Waals surface area contributed by atoms with Gasteiger partial charge in [-0.15, -0.1) is 0 Å². The lowest BCUT2D eigenvalue weighted by Gasteiger charge is -2.27. The van der Waals surface area contributed by atoms with Gasteiger partial charge in [-0.1, -0.05) is 6.08 Å². The summed E-state index contributed by atoms with van der Waals surface area (Å²) >= 11 is 0. The molecular formula is C20H30FN3O2. The van der Waals surface area contributed by atoms with E-state index in [1.54, 1.807) is 14.0 Å². The van der Waals surface area contributed by atoms with Gasteiger partial charge < -0.3 is 10.1 Å². The molecule has 1 heterocycles. The van der Waals surface area contributed by atoms with Crippen molar-refractivity contribution in [2.45, 2.75) is 77.6 Å². The van der Waals surface area contributed by atoms with Gasteiger partial charge in [0.2, 0.25) is 0 Å². The van der Waals surface area contributed by atoms with Crippen LogP contribution in [0.1, 0.15) is 69.3 Å². The summed E-state index contributed by atoms with van der Waals surface area (Å²) < 4.78 is 21.6. The first-order chi connectivity index (χ1) is 12.5. The third-order valence-electron chi connectivity index (χ3n) is 5.61. The van der Waals surface area contributed by atoms with Crippen LogP contribution in [0.25, 0.3) is 0 Å². The van der Waals surface area contributed by atoms with Gasteiger partial charge in [0, 0.05) is 20.5 Å². The van der Waals surface area contributed by atoms with Gasteiger partial charge in [0.15, 0.2) is 11.6 Å². The van der Waals surface area contributed by atoms with Crippen molar-refractivity contribution < 1.29 is 13.9 Å². The van der Waals surface area contributed by atoms with Crippen molar-refractivity contribution in [3.05, 3.63) is 17.3 Å². The molecule has 26 heavy (non-hydrogen) atoms.